The largest absolute Gasteiger partial charge is 0.384 e. The molecular weight excluding hydrogens is 206 g/mol. The maximum absolute atomic E-state index is 5.01. The molecule has 1 N–H and O–H groups in total. The molecule has 0 amide bonds. The Balaban J connectivity index is 1.94. The van der Waals surface area contributed by atoms with Gasteiger partial charge in [-0.05, 0) is 18.8 Å². The van der Waals surface area contributed by atoms with Crippen molar-refractivity contribution >= 4 is 11.8 Å². The van der Waals surface area contributed by atoms with Crippen LogP contribution in [-0.4, -0.2) is 37.8 Å². The third-order valence-electron chi connectivity index (χ3n) is 3.20. The van der Waals surface area contributed by atoms with E-state index in [1.54, 1.807) is 7.11 Å². The molecule has 0 aromatic rings. The molecule has 0 heterocycles. The van der Waals surface area contributed by atoms with Crippen molar-refractivity contribution in [2.45, 2.75) is 38.6 Å². The maximum Gasteiger partial charge on any atom is 0.0552 e. The third kappa shape index (κ3) is 5.79. The molecule has 2 unspecified atom stereocenters. The summed E-state index contributed by atoms with van der Waals surface area (Å²) in [4.78, 5) is 0. The van der Waals surface area contributed by atoms with Crippen molar-refractivity contribution in [1.82, 2.24) is 5.32 Å². The molecule has 0 saturated heterocycles. The number of hydrogen-bond acceptors (Lipinski definition) is 3. The van der Waals surface area contributed by atoms with Crippen LogP contribution in [0.3, 0.4) is 0 Å². The molecule has 1 saturated carbocycles. The SMILES string of the molecule is COCCSCCNC1CCCCC1C. The Morgan fingerprint density at radius 3 is 2.80 bits per heavy atom. The lowest BCUT2D eigenvalue weighted by Crippen LogP contribution is -2.38. The quantitative estimate of drug-likeness (QED) is 0.680. The van der Waals surface area contributed by atoms with Crippen LogP contribution in [0.5, 0.6) is 0 Å². The van der Waals surface area contributed by atoms with Gasteiger partial charge in [0.1, 0.15) is 0 Å². The van der Waals surface area contributed by atoms with E-state index in [1.165, 1.54) is 31.4 Å². The summed E-state index contributed by atoms with van der Waals surface area (Å²) in [5.41, 5.74) is 0. The van der Waals surface area contributed by atoms with Crippen LogP contribution < -0.4 is 5.32 Å². The van der Waals surface area contributed by atoms with E-state index < -0.39 is 0 Å². The van der Waals surface area contributed by atoms with Crippen LogP contribution in [0.1, 0.15) is 32.6 Å². The van der Waals surface area contributed by atoms with E-state index in [0.717, 1.165) is 30.9 Å². The number of ether oxygens (including phenoxy) is 1. The van der Waals surface area contributed by atoms with E-state index >= 15 is 0 Å². The van der Waals surface area contributed by atoms with Crippen LogP contribution in [0, 0.1) is 5.92 Å². The fourth-order valence-corrected chi connectivity index (χ4v) is 2.93. The minimum atomic E-state index is 0.779. The Labute approximate surface area is 98.5 Å². The van der Waals surface area contributed by atoms with E-state index in [2.05, 4.69) is 12.2 Å². The van der Waals surface area contributed by atoms with Crippen LogP contribution in [0.2, 0.25) is 0 Å². The minimum absolute atomic E-state index is 0.779. The number of thioether (sulfide) groups is 1. The van der Waals surface area contributed by atoms with Gasteiger partial charge in [0, 0.05) is 31.2 Å². The summed E-state index contributed by atoms with van der Waals surface area (Å²) in [6, 6.07) is 0.779. The van der Waals surface area contributed by atoms with Gasteiger partial charge in [0.05, 0.1) is 6.61 Å². The molecule has 2 nitrogen and oxygen atoms in total. The van der Waals surface area contributed by atoms with Gasteiger partial charge < -0.3 is 10.1 Å². The van der Waals surface area contributed by atoms with Gasteiger partial charge >= 0.3 is 0 Å². The standard InChI is InChI=1S/C12H25NOS/c1-11-5-3-4-6-12(11)13-7-9-15-10-8-14-2/h11-13H,3-10H2,1-2H3. The summed E-state index contributed by atoms with van der Waals surface area (Å²) in [5, 5.41) is 3.69. The zero-order valence-corrected chi connectivity index (χ0v) is 10.9. The summed E-state index contributed by atoms with van der Waals surface area (Å²) in [6.45, 7) is 4.42. The second kappa shape index (κ2) is 8.43. The second-order valence-corrected chi connectivity index (χ2v) is 5.65. The van der Waals surface area contributed by atoms with Crippen molar-refractivity contribution < 1.29 is 4.74 Å². The van der Waals surface area contributed by atoms with Crippen LogP contribution in [0.4, 0.5) is 0 Å². The first kappa shape index (κ1) is 13.3. The minimum Gasteiger partial charge on any atom is -0.384 e. The fourth-order valence-electron chi connectivity index (χ4n) is 2.18. The first-order valence-corrected chi connectivity index (χ1v) is 7.30. The predicted octanol–water partition coefficient (Wildman–Crippen LogP) is 2.53. The van der Waals surface area contributed by atoms with Gasteiger partial charge in [-0.25, -0.2) is 0 Å². The molecule has 0 aromatic carbocycles. The van der Waals surface area contributed by atoms with E-state index in [0.29, 0.717) is 0 Å². The molecule has 15 heavy (non-hydrogen) atoms. The zero-order valence-electron chi connectivity index (χ0n) is 10.1. The van der Waals surface area contributed by atoms with Crippen molar-refractivity contribution in [3.8, 4) is 0 Å². The molecule has 0 spiro atoms. The number of nitrogens with one attached hydrogen (secondary N) is 1. The summed E-state index contributed by atoms with van der Waals surface area (Å²) in [5.74, 6) is 3.22. The van der Waals surface area contributed by atoms with Gasteiger partial charge in [0.25, 0.3) is 0 Å². The highest BCUT2D eigenvalue weighted by molar-refractivity contribution is 7.99. The lowest BCUT2D eigenvalue weighted by atomic mass is 9.86. The topological polar surface area (TPSA) is 21.3 Å². The summed E-state index contributed by atoms with van der Waals surface area (Å²) >= 11 is 1.98. The molecule has 3 heteroatoms. The van der Waals surface area contributed by atoms with Crippen LogP contribution >= 0.6 is 11.8 Å². The van der Waals surface area contributed by atoms with Gasteiger partial charge in [0.2, 0.25) is 0 Å². The Morgan fingerprint density at radius 1 is 1.27 bits per heavy atom. The Bertz CT molecular complexity index is 155. The first-order chi connectivity index (χ1) is 7.34. The van der Waals surface area contributed by atoms with E-state index in [4.69, 9.17) is 4.74 Å². The molecule has 90 valence electrons. The second-order valence-electron chi connectivity index (χ2n) is 4.43. The van der Waals surface area contributed by atoms with E-state index in [-0.39, 0.29) is 0 Å². The highest BCUT2D eigenvalue weighted by atomic mass is 32.2. The van der Waals surface area contributed by atoms with Crippen LogP contribution in [0.15, 0.2) is 0 Å². The normalized spacial score (nSPS) is 26.8. The molecule has 0 radical (unpaired) electrons. The average Bonchev–Trinajstić information content (AvgIpc) is 2.25. The maximum atomic E-state index is 5.01. The van der Waals surface area contributed by atoms with Crippen molar-refractivity contribution in [3.63, 3.8) is 0 Å². The lowest BCUT2D eigenvalue weighted by Gasteiger charge is -2.29. The molecule has 1 aliphatic rings. The molecule has 0 aliphatic heterocycles. The molecule has 1 rings (SSSR count). The van der Waals surface area contributed by atoms with Crippen LogP contribution in [0.25, 0.3) is 0 Å². The van der Waals surface area contributed by atoms with Gasteiger partial charge in [-0.3, -0.25) is 0 Å². The van der Waals surface area contributed by atoms with Gasteiger partial charge in [-0.15, -0.1) is 0 Å². The third-order valence-corrected chi connectivity index (χ3v) is 4.14. The predicted molar refractivity (Wildman–Crippen MR) is 68.6 cm³/mol. The van der Waals surface area contributed by atoms with Crippen molar-refractivity contribution in [2.75, 3.05) is 31.8 Å². The first-order valence-electron chi connectivity index (χ1n) is 6.14. The Hall–Kier alpha value is 0.270. The summed E-state index contributed by atoms with van der Waals surface area (Å²) < 4.78 is 5.01. The average molecular weight is 231 g/mol. The van der Waals surface area contributed by atoms with Crippen molar-refractivity contribution in [2.24, 2.45) is 5.92 Å². The Kier molecular flexibility index (Phi) is 7.49. The summed E-state index contributed by atoms with van der Waals surface area (Å²) in [6.07, 6.45) is 5.64. The molecule has 1 fully saturated rings. The summed E-state index contributed by atoms with van der Waals surface area (Å²) in [7, 11) is 1.77. The number of methoxy groups -OCH3 is 1. The Morgan fingerprint density at radius 2 is 2.07 bits per heavy atom. The smallest absolute Gasteiger partial charge is 0.0552 e. The van der Waals surface area contributed by atoms with Crippen molar-refractivity contribution in [3.05, 3.63) is 0 Å². The van der Waals surface area contributed by atoms with Gasteiger partial charge in [0.15, 0.2) is 0 Å². The zero-order chi connectivity index (χ0) is 10.9. The van der Waals surface area contributed by atoms with Crippen LogP contribution in [-0.2, 0) is 4.74 Å². The highest BCUT2D eigenvalue weighted by Gasteiger charge is 2.19. The monoisotopic (exact) mass is 231 g/mol. The molecular formula is C12H25NOS. The molecule has 2 atom stereocenters. The van der Waals surface area contributed by atoms with E-state index in [9.17, 15) is 0 Å². The molecule has 1 aliphatic carbocycles. The number of hydrogen-bond donors (Lipinski definition) is 1. The van der Waals surface area contributed by atoms with Crippen molar-refractivity contribution in [1.29, 1.82) is 0 Å². The molecule has 0 bridgehead atoms. The van der Waals surface area contributed by atoms with E-state index in [1.807, 2.05) is 11.8 Å². The molecule has 0 aromatic heterocycles. The van der Waals surface area contributed by atoms with Gasteiger partial charge in [-0.2, -0.15) is 11.8 Å². The van der Waals surface area contributed by atoms with Gasteiger partial charge in [-0.1, -0.05) is 19.8 Å². The number of rotatable bonds is 7. The lowest BCUT2D eigenvalue weighted by molar-refractivity contribution is 0.218. The highest BCUT2D eigenvalue weighted by Crippen LogP contribution is 2.23. The fraction of sp³-hybridized carbons (Fsp3) is 1.00.